The zero-order valence-electron chi connectivity index (χ0n) is 11.2. The van der Waals surface area contributed by atoms with Gasteiger partial charge in [0.25, 0.3) is 0 Å². The molecule has 0 heterocycles. The van der Waals surface area contributed by atoms with Gasteiger partial charge in [-0.05, 0) is 25.7 Å². The van der Waals surface area contributed by atoms with Crippen molar-refractivity contribution in [1.82, 2.24) is 0 Å². The van der Waals surface area contributed by atoms with Crippen molar-refractivity contribution >= 4 is 7.82 Å². The molecule has 0 N–H and O–H groups in total. The zero-order chi connectivity index (χ0) is 12.8. The molecular formula is C11H25O4P. The van der Waals surface area contributed by atoms with Gasteiger partial charge >= 0.3 is 7.82 Å². The molecule has 98 valence electrons. The Hall–Kier alpha value is 0.110. The Labute approximate surface area is 99.3 Å². The predicted octanol–water partition coefficient (Wildman–Crippen LogP) is 3.86. The molecule has 5 heteroatoms. The van der Waals surface area contributed by atoms with Crippen LogP contribution in [0.5, 0.6) is 0 Å². The maximum atomic E-state index is 12.2. The van der Waals surface area contributed by atoms with E-state index >= 15 is 0 Å². The average Bonchev–Trinajstić information content (AvgIpc) is 2.14. The number of phosphoric acid groups is 1. The van der Waals surface area contributed by atoms with Gasteiger partial charge in [0.1, 0.15) is 0 Å². The fourth-order valence-electron chi connectivity index (χ4n) is 1.58. The summed E-state index contributed by atoms with van der Waals surface area (Å²) in [4.78, 5) is 0. The molecule has 4 nitrogen and oxygen atoms in total. The summed E-state index contributed by atoms with van der Waals surface area (Å²) in [6.45, 7) is 12.3. The third kappa shape index (κ3) is 5.44. The maximum absolute atomic E-state index is 12.2. The van der Waals surface area contributed by atoms with Gasteiger partial charge in [0, 0.05) is 0 Å². The molecule has 0 saturated carbocycles. The van der Waals surface area contributed by atoms with Crippen molar-refractivity contribution in [3.05, 3.63) is 0 Å². The van der Waals surface area contributed by atoms with Gasteiger partial charge < -0.3 is 0 Å². The van der Waals surface area contributed by atoms with E-state index in [2.05, 4.69) is 0 Å². The molecule has 0 atom stereocenters. The molecular weight excluding hydrogens is 227 g/mol. The van der Waals surface area contributed by atoms with Crippen molar-refractivity contribution in [3.8, 4) is 0 Å². The molecule has 0 amide bonds. The van der Waals surface area contributed by atoms with Crippen LogP contribution in [-0.2, 0) is 18.1 Å². The topological polar surface area (TPSA) is 44.8 Å². The molecule has 0 aromatic heterocycles. The van der Waals surface area contributed by atoms with Crippen LogP contribution in [0, 0.1) is 11.8 Å². The molecule has 0 fully saturated rings. The van der Waals surface area contributed by atoms with Gasteiger partial charge in [0.2, 0.25) is 0 Å². The van der Waals surface area contributed by atoms with Crippen LogP contribution in [0.2, 0.25) is 0 Å². The van der Waals surface area contributed by atoms with Crippen molar-refractivity contribution in [2.24, 2.45) is 11.8 Å². The Balaban J connectivity index is 4.63. The van der Waals surface area contributed by atoms with Gasteiger partial charge in [-0.25, -0.2) is 4.57 Å². The summed E-state index contributed by atoms with van der Waals surface area (Å²) in [5, 5.41) is 0. The van der Waals surface area contributed by atoms with E-state index in [1.807, 2.05) is 27.7 Å². The summed E-state index contributed by atoms with van der Waals surface area (Å²) in [5.74, 6) is 0.545. The summed E-state index contributed by atoms with van der Waals surface area (Å²) in [6.07, 6.45) is -0.121. The Bertz CT molecular complexity index is 210. The SMILES string of the molecule is CCOP(=O)(OCC)OC(C(C)C)C(C)C. The van der Waals surface area contributed by atoms with Crippen molar-refractivity contribution < 1.29 is 18.1 Å². The summed E-state index contributed by atoms with van der Waals surface area (Å²) in [6, 6.07) is 0. The minimum atomic E-state index is -3.38. The maximum Gasteiger partial charge on any atom is 0.475 e. The third-order valence-electron chi connectivity index (χ3n) is 2.14. The lowest BCUT2D eigenvalue weighted by molar-refractivity contribution is 0.0386. The minimum absolute atomic E-state index is 0.121. The Morgan fingerprint density at radius 2 is 1.31 bits per heavy atom. The van der Waals surface area contributed by atoms with Crippen LogP contribution in [0.15, 0.2) is 0 Å². The average molecular weight is 252 g/mol. The summed E-state index contributed by atoms with van der Waals surface area (Å²) < 4.78 is 27.9. The lowest BCUT2D eigenvalue weighted by Gasteiger charge is -2.28. The molecule has 0 aromatic carbocycles. The molecule has 0 aliphatic carbocycles. The first-order valence-electron chi connectivity index (χ1n) is 5.93. The molecule has 0 rings (SSSR count). The standard InChI is InChI=1S/C11H25O4P/c1-7-13-16(12,14-8-2)15-11(9(3)4)10(5)6/h9-11H,7-8H2,1-6H3. The van der Waals surface area contributed by atoms with Crippen LogP contribution in [0.4, 0.5) is 0 Å². The quantitative estimate of drug-likeness (QED) is 0.615. The van der Waals surface area contributed by atoms with E-state index < -0.39 is 7.82 Å². The van der Waals surface area contributed by atoms with Crippen LogP contribution < -0.4 is 0 Å². The monoisotopic (exact) mass is 252 g/mol. The van der Waals surface area contributed by atoms with Crippen LogP contribution in [0.3, 0.4) is 0 Å². The van der Waals surface area contributed by atoms with Crippen molar-refractivity contribution in [2.75, 3.05) is 13.2 Å². The van der Waals surface area contributed by atoms with Gasteiger partial charge in [-0.2, -0.15) is 0 Å². The van der Waals surface area contributed by atoms with E-state index in [0.717, 1.165) is 0 Å². The molecule has 16 heavy (non-hydrogen) atoms. The minimum Gasteiger partial charge on any atom is -0.287 e. The summed E-state index contributed by atoms with van der Waals surface area (Å²) >= 11 is 0. The second-order valence-corrected chi connectivity index (χ2v) is 5.96. The highest BCUT2D eigenvalue weighted by Crippen LogP contribution is 2.51. The number of hydrogen-bond acceptors (Lipinski definition) is 4. The van der Waals surface area contributed by atoms with Crippen molar-refractivity contribution in [3.63, 3.8) is 0 Å². The Morgan fingerprint density at radius 1 is 0.938 bits per heavy atom. The van der Waals surface area contributed by atoms with Crippen LogP contribution in [0.25, 0.3) is 0 Å². The first kappa shape index (κ1) is 16.1. The van der Waals surface area contributed by atoms with E-state index in [0.29, 0.717) is 13.2 Å². The van der Waals surface area contributed by atoms with Crippen molar-refractivity contribution in [1.29, 1.82) is 0 Å². The molecule has 0 saturated heterocycles. The highest BCUT2D eigenvalue weighted by atomic mass is 31.2. The van der Waals surface area contributed by atoms with Crippen LogP contribution in [-0.4, -0.2) is 19.3 Å². The first-order chi connectivity index (χ1) is 7.36. The second kappa shape index (κ2) is 7.44. The molecule has 0 bridgehead atoms. The lowest BCUT2D eigenvalue weighted by atomic mass is 9.97. The largest absolute Gasteiger partial charge is 0.475 e. The number of rotatable bonds is 8. The molecule has 0 aromatic rings. The lowest BCUT2D eigenvalue weighted by Crippen LogP contribution is -2.25. The summed E-state index contributed by atoms with van der Waals surface area (Å²) in [7, 11) is -3.38. The Morgan fingerprint density at radius 3 is 1.56 bits per heavy atom. The van der Waals surface area contributed by atoms with E-state index in [1.54, 1.807) is 13.8 Å². The molecule has 0 spiro atoms. The summed E-state index contributed by atoms with van der Waals surface area (Å²) in [5.41, 5.74) is 0. The number of phosphoric ester groups is 1. The van der Waals surface area contributed by atoms with Crippen LogP contribution >= 0.6 is 7.82 Å². The highest BCUT2D eigenvalue weighted by Gasteiger charge is 2.32. The fraction of sp³-hybridized carbons (Fsp3) is 1.00. The first-order valence-corrected chi connectivity index (χ1v) is 7.39. The molecule has 0 unspecified atom stereocenters. The molecule has 0 radical (unpaired) electrons. The fourth-order valence-corrected chi connectivity index (χ4v) is 3.19. The van der Waals surface area contributed by atoms with E-state index in [1.165, 1.54) is 0 Å². The smallest absolute Gasteiger partial charge is 0.287 e. The molecule has 0 aliphatic rings. The van der Waals surface area contributed by atoms with E-state index in [4.69, 9.17) is 13.6 Å². The third-order valence-corrected chi connectivity index (χ3v) is 3.79. The van der Waals surface area contributed by atoms with Gasteiger partial charge in [-0.1, -0.05) is 27.7 Å². The molecule has 0 aliphatic heterocycles. The van der Waals surface area contributed by atoms with E-state index in [-0.39, 0.29) is 17.9 Å². The van der Waals surface area contributed by atoms with Crippen LogP contribution in [0.1, 0.15) is 41.5 Å². The van der Waals surface area contributed by atoms with Gasteiger partial charge in [0.05, 0.1) is 19.3 Å². The van der Waals surface area contributed by atoms with Gasteiger partial charge in [-0.15, -0.1) is 0 Å². The second-order valence-electron chi connectivity index (χ2n) is 4.34. The zero-order valence-corrected chi connectivity index (χ0v) is 12.1. The highest BCUT2D eigenvalue weighted by molar-refractivity contribution is 7.48. The normalized spacial score (nSPS) is 13.1. The Kier molecular flexibility index (Phi) is 7.49. The predicted molar refractivity (Wildman–Crippen MR) is 65.4 cm³/mol. The van der Waals surface area contributed by atoms with Crippen molar-refractivity contribution in [2.45, 2.75) is 47.6 Å². The van der Waals surface area contributed by atoms with Gasteiger partial charge in [0.15, 0.2) is 0 Å². The van der Waals surface area contributed by atoms with E-state index in [9.17, 15) is 4.57 Å². The number of hydrogen-bond donors (Lipinski definition) is 0. The van der Waals surface area contributed by atoms with Gasteiger partial charge in [-0.3, -0.25) is 13.6 Å².